The largest absolute Gasteiger partial charge is 0.261 e. The smallest absolute Gasteiger partial charge is 0.155 e. The molecule has 5 heteroatoms. The zero-order chi connectivity index (χ0) is 20.6. The first-order valence-electron chi connectivity index (χ1n) is 10.5. The molecule has 2 aliphatic carbocycles. The van der Waals surface area contributed by atoms with Crippen molar-refractivity contribution in [3.05, 3.63) is 53.5 Å². The van der Waals surface area contributed by atoms with Crippen molar-refractivity contribution in [3.63, 3.8) is 0 Å². The van der Waals surface area contributed by atoms with Crippen molar-refractivity contribution in [2.24, 2.45) is 11.8 Å². The first-order valence-corrected chi connectivity index (χ1v) is 12.2. The van der Waals surface area contributed by atoms with E-state index in [9.17, 15) is 8.42 Å². The molecule has 0 aliphatic heterocycles. The first kappa shape index (κ1) is 20.3. The summed E-state index contributed by atoms with van der Waals surface area (Å²) >= 11 is 0. The zero-order valence-electron chi connectivity index (χ0n) is 17.6. The Morgan fingerprint density at radius 1 is 1.07 bits per heavy atom. The Kier molecular flexibility index (Phi) is 5.36. The fourth-order valence-corrected chi connectivity index (χ4v) is 5.94. The van der Waals surface area contributed by atoms with Gasteiger partial charge in [-0.15, -0.1) is 0 Å². The first-order chi connectivity index (χ1) is 13.7. The monoisotopic (exact) mass is 410 g/mol. The van der Waals surface area contributed by atoms with Crippen LogP contribution < -0.4 is 0 Å². The van der Waals surface area contributed by atoms with Crippen LogP contribution >= 0.6 is 0 Å². The Morgan fingerprint density at radius 2 is 1.83 bits per heavy atom. The molecule has 0 radical (unpaired) electrons. The number of hydrogen-bond acceptors (Lipinski definition) is 4. The van der Waals surface area contributed by atoms with E-state index in [0.29, 0.717) is 17.6 Å². The quantitative estimate of drug-likeness (QED) is 0.703. The van der Waals surface area contributed by atoms with E-state index in [2.05, 4.69) is 34.2 Å². The minimum Gasteiger partial charge on any atom is -0.261 e. The molecule has 0 unspecified atom stereocenters. The second-order valence-electron chi connectivity index (χ2n) is 9.51. The minimum atomic E-state index is -3.03. The molecule has 0 spiro atoms. The fourth-order valence-electron chi connectivity index (χ4n) is 4.49. The number of allylic oxidation sites excluding steroid dienone is 1. The highest BCUT2D eigenvalue weighted by Crippen LogP contribution is 2.40. The lowest BCUT2D eigenvalue weighted by atomic mass is 9.78. The lowest BCUT2D eigenvalue weighted by Gasteiger charge is -2.31. The van der Waals surface area contributed by atoms with Gasteiger partial charge in [0.2, 0.25) is 0 Å². The summed E-state index contributed by atoms with van der Waals surface area (Å²) in [7, 11) is -3.03. The van der Waals surface area contributed by atoms with Gasteiger partial charge in [-0.3, -0.25) is 9.97 Å². The standard InChI is InChI=1S/C24H30N2O2S/c1-24(2,3)29(27,28)16-17-4-6-18(7-5-17)21-12-19-8-9-20(13-22(19)14-21)23-15-25-10-11-26-23/h8-11,13-15,17-18H,4-7,12,16H2,1-3H3. The molecule has 0 atom stereocenters. The van der Waals surface area contributed by atoms with Crippen molar-refractivity contribution in [2.75, 3.05) is 5.75 Å². The molecule has 29 heavy (non-hydrogen) atoms. The van der Waals surface area contributed by atoms with Crippen LogP contribution in [0.3, 0.4) is 0 Å². The molecule has 4 nitrogen and oxygen atoms in total. The van der Waals surface area contributed by atoms with Gasteiger partial charge in [0, 0.05) is 18.0 Å². The predicted octanol–water partition coefficient (Wildman–Crippen LogP) is 5.10. The van der Waals surface area contributed by atoms with Crippen molar-refractivity contribution in [1.29, 1.82) is 0 Å². The highest BCUT2D eigenvalue weighted by Gasteiger charge is 2.34. The minimum absolute atomic E-state index is 0.308. The number of rotatable bonds is 4. The molecule has 0 N–H and O–H groups in total. The van der Waals surface area contributed by atoms with Crippen LogP contribution in [0, 0.1) is 11.8 Å². The second kappa shape index (κ2) is 7.67. The summed E-state index contributed by atoms with van der Waals surface area (Å²) in [4.78, 5) is 8.58. The van der Waals surface area contributed by atoms with Crippen LogP contribution in [-0.2, 0) is 16.3 Å². The Morgan fingerprint density at radius 3 is 2.48 bits per heavy atom. The van der Waals surface area contributed by atoms with E-state index in [1.807, 2.05) is 20.8 Å². The van der Waals surface area contributed by atoms with Crippen LogP contribution in [0.5, 0.6) is 0 Å². The summed E-state index contributed by atoms with van der Waals surface area (Å²) < 4.78 is 24.4. The maximum Gasteiger partial charge on any atom is 0.155 e. The summed E-state index contributed by atoms with van der Waals surface area (Å²) in [5, 5.41) is 0. The van der Waals surface area contributed by atoms with E-state index in [4.69, 9.17) is 0 Å². The van der Waals surface area contributed by atoms with Crippen molar-refractivity contribution in [2.45, 2.75) is 57.6 Å². The van der Waals surface area contributed by atoms with Gasteiger partial charge in [0.25, 0.3) is 0 Å². The second-order valence-corrected chi connectivity index (χ2v) is 12.3. The summed E-state index contributed by atoms with van der Waals surface area (Å²) in [6.07, 6.45) is 12.8. The van der Waals surface area contributed by atoms with E-state index < -0.39 is 14.6 Å². The van der Waals surface area contributed by atoms with E-state index in [-0.39, 0.29) is 0 Å². The molecule has 0 saturated heterocycles. The summed E-state index contributed by atoms with van der Waals surface area (Å²) in [5.74, 6) is 1.23. The third kappa shape index (κ3) is 4.30. The van der Waals surface area contributed by atoms with Crippen LogP contribution in [0.15, 0.2) is 42.4 Å². The molecule has 1 saturated carbocycles. The predicted molar refractivity (Wildman–Crippen MR) is 118 cm³/mol. The molecule has 2 aliphatic rings. The molecule has 1 aromatic heterocycles. The van der Waals surface area contributed by atoms with E-state index in [1.54, 1.807) is 18.6 Å². The number of hydrogen-bond donors (Lipinski definition) is 0. The average molecular weight is 411 g/mol. The summed E-state index contributed by atoms with van der Waals surface area (Å²) in [6.45, 7) is 5.43. The van der Waals surface area contributed by atoms with Crippen molar-refractivity contribution < 1.29 is 8.42 Å². The Balaban J connectivity index is 1.41. The van der Waals surface area contributed by atoms with E-state index >= 15 is 0 Å². The normalized spacial score (nSPS) is 22.2. The molecular weight excluding hydrogens is 380 g/mol. The molecule has 0 amide bonds. The SMILES string of the molecule is CC(C)(C)S(=O)(=O)CC1CCC(C2=Cc3cc(-c4cnccn4)ccc3C2)CC1. The van der Waals surface area contributed by atoms with Gasteiger partial charge < -0.3 is 0 Å². The van der Waals surface area contributed by atoms with Gasteiger partial charge in [-0.1, -0.05) is 23.8 Å². The summed E-state index contributed by atoms with van der Waals surface area (Å²) in [6, 6.07) is 6.56. The summed E-state index contributed by atoms with van der Waals surface area (Å²) in [5.41, 5.74) is 6.18. The van der Waals surface area contributed by atoms with Gasteiger partial charge in [0.15, 0.2) is 9.84 Å². The lowest BCUT2D eigenvalue weighted by molar-refractivity contribution is 0.319. The Bertz CT molecular complexity index is 1010. The van der Waals surface area contributed by atoms with Crippen LogP contribution in [-0.4, -0.2) is 28.9 Å². The zero-order valence-corrected chi connectivity index (χ0v) is 18.4. The molecule has 4 rings (SSSR count). The van der Waals surface area contributed by atoms with E-state index in [0.717, 1.165) is 43.4 Å². The average Bonchev–Trinajstić information content (AvgIpc) is 3.11. The van der Waals surface area contributed by atoms with Crippen LogP contribution in [0.1, 0.15) is 57.6 Å². The third-order valence-corrected chi connectivity index (χ3v) is 9.28. The Labute approximate surface area is 174 Å². The molecule has 0 bridgehead atoms. The molecular formula is C24H30N2O2S. The molecule has 1 aromatic carbocycles. The number of sulfone groups is 1. The van der Waals surface area contributed by atoms with Gasteiger partial charge in [-0.2, -0.15) is 0 Å². The van der Waals surface area contributed by atoms with Crippen LogP contribution in [0.2, 0.25) is 0 Å². The van der Waals surface area contributed by atoms with Gasteiger partial charge >= 0.3 is 0 Å². The maximum atomic E-state index is 12.5. The lowest BCUT2D eigenvalue weighted by Crippen LogP contribution is -2.34. The molecule has 1 heterocycles. The molecule has 1 fully saturated rings. The third-order valence-electron chi connectivity index (χ3n) is 6.50. The van der Waals surface area contributed by atoms with Gasteiger partial charge in [0.1, 0.15) is 0 Å². The van der Waals surface area contributed by atoms with Gasteiger partial charge in [-0.25, -0.2) is 8.42 Å². The van der Waals surface area contributed by atoms with Crippen LogP contribution in [0.25, 0.3) is 17.3 Å². The van der Waals surface area contributed by atoms with Crippen molar-refractivity contribution in [1.82, 2.24) is 9.97 Å². The number of nitrogens with zero attached hydrogens (tertiary/aromatic N) is 2. The fraction of sp³-hybridized carbons (Fsp3) is 0.500. The van der Waals surface area contributed by atoms with Gasteiger partial charge in [0.05, 0.1) is 22.4 Å². The van der Waals surface area contributed by atoms with E-state index in [1.165, 1.54) is 16.7 Å². The number of aromatic nitrogens is 2. The van der Waals surface area contributed by atoms with Crippen LogP contribution in [0.4, 0.5) is 0 Å². The highest BCUT2D eigenvalue weighted by molar-refractivity contribution is 7.92. The highest BCUT2D eigenvalue weighted by atomic mass is 32.2. The van der Waals surface area contributed by atoms with Crippen molar-refractivity contribution in [3.8, 4) is 11.3 Å². The Hall–Kier alpha value is -2.01. The van der Waals surface area contributed by atoms with Gasteiger partial charge in [-0.05, 0) is 81.9 Å². The number of fused-ring (bicyclic) bond motifs is 1. The maximum absolute atomic E-state index is 12.5. The number of benzene rings is 1. The van der Waals surface area contributed by atoms with Crippen molar-refractivity contribution >= 4 is 15.9 Å². The topological polar surface area (TPSA) is 59.9 Å². The molecule has 154 valence electrons. The molecule has 2 aromatic rings.